The standard InChI is InChI=1S/C2HF3O3S/c3-2(4,1-6)9(5,7)8/h1H. The third-order valence-corrected chi connectivity index (χ3v) is 1.21. The number of carbonyl (C=O) groups excluding carboxylic acids is 1. The van der Waals surface area contributed by atoms with E-state index < -0.39 is 21.8 Å². The fourth-order valence-electron chi connectivity index (χ4n) is 0.0575. The van der Waals surface area contributed by atoms with Crippen LogP contribution in [-0.2, 0) is 15.0 Å². The number of aldehydes is 1. The lowest BCUT2D eigenvalue weighted by atomic mass is 10.8. The Bertz CT molecular complexity index is 205. The van der Waals surface area contributed by atoms with Crippen LogP contribution in [0.25, 0.3) is 0 Å². The van der Waals surface area contributed by atoms with Crippen molar-refractivity contribution in [3.05, 3.63) is 0 Å². The largest absolute Gasteiger partial charge is 0.428 e. The van der Waals surface area contributed by atoms with Crippen LogP contribution in [0.4, 0.5) is 12.7 Å². The number of carbonyl (C=O) groups is 1. The molecule has 0 atom stereocenters. The maximum Gasteiger partial charge on any atom is 0.428 e. The zero-order chi connectivity index (χ0) is 7.71. The number of hydrogen-bond acceptors (Lipinski definition) is 3. The summed E-state index contributed by atoms with van der Waals surface area (Å²) in [6.45, 7) is 0. The molecule has 0 unspecified atom stereocenters. The van der Waals surface area contributed by atoms with Crippen molar-refractivity contribution in [3.8, 4) is 0 Å². The summed E-state index contributed by atoms with van der Waals surface area (Å²) in [6.07, 6.45) is -1.28. The first-order valence-electron chi connectivity index (χ1n) is 1.59. The lowest BCUT2D eigenvalue weighted by Gasteiger charge is -1.99. The molecular weight excluding hydrogens is 161 g/mol. The molecule has 0 aromatic rings. The molecule has 54 valence electrons. The highest BCUT2D eigenvalue weighted by Crippen LogP contribution is 2.19. The molecule has 7 heteroatoms. The molecule has 0 fully saturated rings. The summed E-state index contributed by atoms with van der Waals surface area (Å²) in [6, 6.07) is 0. The van der Waals surface area contributed by atoms with Gasteiger partial charge in [-0.2, -0.15) is 17.2 Å². The summed E-state index contributed by atoms with van der Waals surface area (Å²) >= 11 is 0. The Morgan fingerprint density at radius 2 is 1.67 bits per heavy atom. The summed E-state index contributed by atoms with van der Waals surface area (Å²) in [5, 5.41) is -4.90. The highest BCUT2D eigenvalue weighted by Gasteiger charge is 2.45. The van der Waals surface area contributed by atoms with Gasteiger partial charge in [-0.25, -0.2) is 0 Å². The van der Waals surface area contributed by atoms with Gasteiger partial charge in [0.15, 0.2) is 0 Å². The molecule has 0 aliphatic heterocycles. The van der Waals surface area contributed by atoms with Gasteiger partial charge in [0.25, 0.3) is 0 Å². The van der Waals surface area contributed by atoms with Gasteiger partial charge in [0, 0.05) is 0 Å². The Labute approximate surface area is 48.7 Å². The molecule has 0 saturated heterocycles. The van der Waals surface area contributed by atoms with Gasteiger partial charge >= 0.3 is 15.5 Å². The van der Waals surface area contributed by atoms with E-state index in [0.717, 1.165) is 0 Å². The van der Waals surface area contributed by atoms with Gasteiger partial charge in [0.2, 0.25) is 6.29 Å². The molecule has 0 heterocycles. The zero-order valence-corrected chi connectivity index (χ0v) is 4.66. The van der Waals surface area contributed by atoms with Crippen LogP contribution in [0.5, 0.6) is 0 Å². The molecule has 0 aromatic heterocycles. The zero-order valence-electron chi connectivity index (χ0n) is 3.84. The fourth-order valence-corrected chi connectivity index (χ4v) is 0.172. The minimum Gasteiger partial charge on any atom is -0.295 e. The maximum absolute atomic E-state index is 11.3. The SMILES string of the molecule is O=CC(F)(F)S(=O)(=O)F. The second-order valence-corrected chi connectivity index (χ2v) is 2.54. The quantitative estimate of drug-likeness (QED) is 0.426. The number of hydrogen-bond donors (Lipinski definition) is 0. The van der Waals surface area contributed by atoms with Crippen molar-refractivity contribution in [2.75, 3.05) is 0 Å². The van der Waals surface area contributed by atoms with Crippen LogP contribution < -0.4 is 0 Å². The van der Waals surface area contributed by atoms with E-state index in [1.54, 1.807) is 0 Å². The predicted octanol–water partition coefficient (Wildman–Crippen LogP) is 0.0774. The van der Waals surface area contributed by atoms with E-state index in [-0.39, 0.29) is 0 Å². The van der Waals surface area contributed by atoms with Gasteiger partial charge in [-0.3, -0.25) is 4.79 Å². The summed E-state index contributed by atoms with van der Waals surface area (Å²) in [4.78, 5) is 9.10. The van der Waals surface area contributed by atoms with Crippen molar-refractivity contribution in [2.24, 2.45) is 0 Å². The van der Waals surface area contributed by atoms with Gasteiger partial charge < -0.3 is 0 Å². The predicted molar refractivity (Wildman–Crippen MR) is 21.0 cm³/mol. The van der Waals surface area contributed by atoms with Crippen LogP contribution in [0.15, 0.2) is 0 Å². The molecule has 0 bridgehead atoms. The highest BCUT2D eigenvalue weighted by atomic mass is 32.3. The smallest absolute Gasteiger partial charge is 0.295 e. The number of rotatable bonds is 2. The topological polar surface area (TPSA) is 51.2 Å². The average Bonchev–Trinajstić information content (AvgIpc) is 1.64. The molecule has 0 aliphatic rings. The van der Waals surface area contributed by atoms with Gasteiger partial charge in [-0.05, 0) is 0 Å². The first kappa shape index (κ1) is 8.41. The van der Waals surface area contributed by atoms with Crippen LogP contribution in [0.3, 0.4) is 0 Å². The minimum absolute atomic E-state index is 1.28. The van der Waals surface area contributed by atoms with Crippen LogP contribution in [0.1, 0.15) is 0 Å². The van der Waals surface area contributed by atoms with Crippen molar-refractivity contribution >= 4 is 16.5 Å². The van der Waals surface area contributed by atoms with Crippen molar-refractivity contribution in [1.82, 2.24) is 0 Å². The maximum atomic E-state index is 11.3. The van der Waals surface area contributed by atoms with Gasteiger partial charge in [-0.1, -0.05) is 3.89 Å². The second kappa shape index (κ2) is 1.98. The van der Waals surface area contributed by atoms with E-state index in [2.05, 4.69) is 0 Å². The first-order valence-corrected chi connectivity index (χ1v) is 2.98. The van der Waals surface area contributed by atoms with Crippen LogP contribution >= 0.6 is 0 Å². The van der Waals surface area contributed by atoms with Crippen molar-refractivity contribution in [2.45, 2.75) is 5.25 Å². The normalized spacial score (nSPS) is 13.2. The van der Waals surface area contributed by atoms with E-state index in [0.29, 0.717) is 0 Å². The van der Waals surface area contributed by atoms with Crippen molar-refractivity contribution in [1.29, 1.82) is 0 Å². The molecule has 9 heavy (non-hydrogen) atoms. The Hall–Kier alpha value is -0.590. The number of alkyl halides is 2. The summed E-state index contributed by atoms with van der Waals surface area (Å²) < 4.78 is 52.3. The molecular formula is C2HF3O3S. The van der Waals surface area contributed by atoms with E-state index in [1.165, 1.54) is 0 Å². The molecule has 0 amide bonds. The second-order valence-electron chi connectivity index (χ2n) is 1.12. The molecule has 0 spiro atoms. The van der Waals surface area contributed by atoms with Gasteiger partial charge in [0.05, 0.1) is 0 Å². The molecule has 0 saturated carbocycles. The van der Waals surface area contributed by atoms with E-state index >= 15 is 0 Å². The molecule has 0 rings (SSSR count). The van der Waals surface area contributed by atoms with Gasteiger partial charge in [0.1, 0.15) is 0 Å². The Morgan fingerprint density at radius 3 is 1.67 bits per heavy atom. The van der Waals surface area contributed by atoms with E-state index in [4.69, 9.17) is 4.79 Å². The van der Waals surface area contributed by atoms with E-state index in [1.807, 2.05) is 0 Å². The summed E-state index contributed by atoms with van der Waals surface area (Å²) in [5.41, 5.74) is 0. The number of halogens is 3. The molecule has 0 radical (unpaired) electrons. The molecule has 3 nitrogen and oxygen atoms in total. The Balaban J connectivity index is 4.77. The third kappa shape index (κ3) is 1.67. The van der Waals surface area contributed by atoms with Crippen LogP contribution in [-0.4, -0.2) is 20.0 Å². The van der Waals surface area contributed by atoms with Crippen LogP contribution in [0.2, 0.25) is 0 Å². The van der Waals surface area contributed by atoms with Crippen molar-refractivity contribution < 1.29 is 25.9 Å². The molecule has 0 aliphatic carbocycles. The fraction of sp³-hybridized carbons (Fsp3) is 0.500. The monoisotopic (exact) mass is 162 g/mol. The summed E-state index contributed by atoms with van der Waals surface area (Å²) in [5.74, 6) is 0. The van der Waals surface area contributed by atoms with Crippen LogP contribution in [0, 0.1) is 0 Å². The van der Waals surface area contributed by atoms with E-state index in [9.17, 15) is 21.1 Å². The molecule has 0 aromatic carbocycles. The Morgan fingerprint density at radius 1 is 1.33 bits per heavy atom. The summed E-state index contributed by atoms with van der Waals surface area (Å²) in [7, 11) is -6.05. The average molecular weight is 162 g/mol. The first-order chi connectivity index (χ1) is 3.81. The lowest BCUT2D eigenvalue weighted by Crippen LogP contribution is -2.26. The van der Waals surface area contributed by atoms with Gasteiger partial charge in [-0.15, -0.1) is 0 Å². The highest BCUT2D eigenvalue weighted by molar-refractivity contribution is 7.88. The Kier molecular flexibility index (Phi) is 1.85. The molecule has 0 N–H and O–H groups in total. The minimum atomic E-state index is -6.05. The third-order valence-electron chi connectivity index (χ3n) is 0.462. The lowest BCUT2D eigenvalue weighted by molar-refractivity contribution is -0.120. The van der Waals surface area contributed by atoms with Crippen molar-refractivity contribution in [3.63, 3.8) is 0 Å².